The monoisotopic (exact) mass is 557 g/mol. The molecule has 3 heterocycles. The van der Waals surface area contributed by atoms with Crippen molar-refractivity contribution in [2.45, 2.75) is 26.9 Å². The molecule has 1 saturated heterocycles. The molecular weight excluding hydrogens is 526 g/mol. The minimum atomic E-state index is -0.167. The van der Waals surface area contributed by atoms with Crippen LogP contribution in [-0.4, -0.2) is 53.6 Å². The van der Waals surface area contributed by atoms with Crippen LogP contribution in [0, 0.1) is 6.92 Å². The molecule has 0 spiro atoms. The van der Waals surface area contributed by atoms with E-state index in [0.29, 0.717) is 29.0 Å². The average molecular weight is 558 g/mol. The number of ether oxygens (including phenoxy) is 2. The molecule has 8 heteroatoms. The van der Waals surface area contributed by atoms with Crippen LogP contribution in [0.15, 0.2) is 60.5 Å². The van der Waals surface area contributed by atoms with Crippen LogP contribution < -0.4 is 14.4 Å². The molecule has 2 aliphatic heterocycles. The number of fused-ring (bicyclic) bond motifs is 2. The summed E-state index contributed by atoms with van der Waals surface area (Å²) >= 11 is 6.19. The Morgan fingerprint density at radius 2 is 1.90 bits per heavy atom. The normalized spacial score (nSPS) is 16.6. The van der Waals surface area contributed by atoms with Crippen molar-refractivity contribution in [2.75, 3.05) is 38.2 Å². The van der Waals surface area contributed by atoms with Gasteiger partial charge in [-0.15, -0.1) is 0 Å². The number of nitrogens with zero attached hydrogens (tertiary/aromatic N) is 3. The van der Waals surface area contributed by atoms with E-state index in [9.17, 15) is 9.90 Å². The van der Waals surface area contributed by atoms with E-state index in [1.807, 2.05) is 49.5 Å². The largest absolute Gasteiger partial charge is 0.507 e. The highest BCUT2D eigenvalue weighted by Gasteiger charge is 2.34. The van der Waals surface area contributed by atoms with Crippen molar-refractivity contribution in [2.24, 2.45) is 0 Å². The maximum atomic E-state index is 13.6. The van der Waals surface area contributed by atoms with E-state index in [-0.39, 0.29) is 17.3 Å². The molecule has 0 radical (unpaired) electrons. The van der Waals surface area contributed by atoms with Gasteiger partial charge in [0.2, 0.25) is 5.78 Å². The molecule has 0 amide bonds. The maximum Gasteiger partial charge on any atom is 0.232 e. The highest BCUT2D eigenvalue weighted by molar-refractivity contribution is 6.30. The highest BCUT2D eigenvalue weighted by atomic mass is 35.5. The number of allylic oxidation sites excluding steroid dienone is 1. The fourth-order valence-corrected chi connectivity index (χ4v) is 5.93. The molecule has 40 heavy (non-hydrogen) atoms. The summed E-state index contributed by atoms with van der Waals surface area (Å²) in [5.41, 5.74) is 4.92. The van der Waals surface area contributed by atoms with Gasteiger partial charge in [0.15, 0.2) is 5.76 Å². The van der Waals surface area contributed by atoms with Crippen LogP contribution in [0.5, 0.6) is 17.2 Å². The van der Waals surface area contributed by atoms with Gasteiger partial charge in [-0.1, -0.05) is 17.7 Å². The molecule has 0 atom stereocenters. The first-order chi connectivity index (χ1) is 19.4. The van der Waals surface area contributed by atoms with Gasteiger partial charge < -0.3 is 24.0 Å². The second-order valence-corrected chi connectivity index (χ2v) is 10.8. The molecule has 0 unspecified atom stereocenters. The predicted octanol–water partition coefficient (Wildman–Crippen LogP) is 6.28. The number of methoxy groups -OCH3 is 1. The average Bonchev–Trinajstić information content (AvgIpc) is 3.48. The third kappa shape index (κ3) is 4.69. The topological polar surface area (TPSA) is 67.2 Å². The van der Waals surface area contributed by atoms with E-state index < -0.39 is 0 Å². The zero-order chi connectivity index (χ0) is 28.0. The summed E-state index contributed by atoms with van der Waals surface area (Å²) in [4.78, 5) is 18.2. The zero-order valence-corrected chi connectivity index (χ0v) is 23.7. The molecule has 1 aromatic heterocycles. The van der Waals surface area contributed by atoms with Gasteiger partial charge in [0.1, 0.15) is 17.2 Å². The summed E-state index contributed by atoms with van der Waals surface area (Å²) in [6, 6.07) is 15.5. The number of Topliss-reactive ketones (excluding diaryl/α,β-unsaturated/α-hetero) is 1. The van der Waals surface area contributed by atoms with Gasteiger partial charge in [0.25, 0.3) is 0 Å². The number of hydrogen-bond acceptors (Lipinski definition) is 6. The summed E-state index contributed by atoms with van der Waals surface area (Å²) in [5.74, 6) is 1.45. The Morgan fingerprint density at radius 1 is 1.10 bits per heavy atom. The first kappa shape index (κ1) is 26.3. The number of benzene rings is 3. The molecule has 7 nitrogen and oxygen atoms in total. The molecule has 2 aliphatic rings. The van der Waals surface area contributed by atoms with Crippen molar-refractivity contribution in [3.63, 3.8) is 0 Å². The third-order valence-corrected chi connectivity index (χ3v) is 8.13. The summed E-state index contributed by atoms with van der Waals surface area (Å²) in [7, 11) is 1.64. The smallest absolute Gasteiger partial charge is 0.232 e. The van der Waals surface area contributed by atoms with E-state index in [1.54, 1.807) is 19.3 Å². The van der Waals surface area contributed by atoms with Gasteiger partial charge in [0.05, 0.1) is 18.2 Å². The van der Waals surface area contributed by atoms with Gasteiger partial charge in [-0.25, -0.2) is 0 Å². The van der Waals surface area contributed by atoms with Crippen LogP contribution >= 0.6 is 11.6 Å². The van der Waals surface area contributed by atoms with Crippen molar-refractivity contribution in [1.29, 1.82) is 0 Å². The van der Waals surface area contributed by atoms with Crippen LogP contribution in [0.2, 0.25) is 5.02 Å². The van der Waals surface area contributed by atoms with E-state index in [0.717, 1.165) is 65.6 Å². The Labute approximate surface area is 238 Å². The number of carbonyl (C=O) groups excluding carboxylic acids is 1. The quantitative estimate of drug-likeness (QED) is 0.282. The number of aryl methyl sites for hydroxylation is 2. The summed E-state index contributed by atoms with van der Waals surface area (Å²) in [6.45, 7) is 8.50. The number of rotatable bonds is 6. The zero-order valence-electron chi connectivity index (χ0n) is 22.9. The van der Waals surface area contributed by atoms with E-state index in [4.69, 9.17) is 21.1 Å². The number of aromatic hydroxyl groups is 1. The second-order valence-electron chi connectivity index (χ2n) is 10.3. The predicted molar refractivity (Wildman–Crippen MR) is 159 cm³/mol. The fourth-order valence-electron chi connectivity index (χ4n) is 5.74. The van der Waals surface area contributed by atoms with Crippen molar-refractivity contribution in [3.8, 4) is 17.2 Å². The van der Waals surface area contributed by atoms with Crippen molar-refractivity contribution in [3.05, 3.63) is 87.8 Å². The first-order valence-corrected chi connectivity index (χ1v) is 13.9. The Hall–Kier alpha value is -3.94. The Bertz CT molecular complexity index is 1650. The lowest BCUT2D eigenvalue weighted by atomic mass is 9.99. The summed E-state index contributed by atoms with van der Waals surface area (Å²) in [5, 5.41) is 12.7. The third-order valence-electron chi connectivity index (χ3n) is 7.89. The SMILES string of the molecule is CCn1cc(/C=C2/Oc3c(CN4CCN(c5cccc(Cl)c5)CC4)c(O)cc(C)c3C2=O)c2cc(OC)ccc21. The lowest BCUT2D eigenvalue weighted by molar-refractivity contribution is 0.101. The molecular formula is C32H32ClN3O4. The summed E-state index contributed by atoms with van der Waals surface area (Å²) in [6.07, 6.45) is 3.83. The highest BCUT2D eigenvalue weighted by Crippen LogP contribution is 2.43. The van der Waals surface area contributed by atoms with Crippen molar-refractivity contribution >= 4 is 40.1 Å². The van der Waals surface area contributed by atoms with Crippen LogP contribution in [0.3, 0.4) is 0 Å². The molecule has 0 aliphatic carbocycles. The lowest BCUT2D eigenvalue weighted by Crippen LogP contribution is -2.46. The number of piperazine rings is 1. The van der Waals surface area contributed by atoms with Gasteiger partial charge in [0, 0.05) is 72.6 Å². The maximum absolute atomic E-state index is 13.6. The number of hydrogen-bond donors (Lipinski definition) is 1. The van der Waals surface area contributed by atoms with Crippen LogP contribution in [-0.2, 0) is 13.1 Å². The molecule has 0 bridgehead atoms. The molecule has 1 N–H and O–H groups in total. The summed E-state index contributed by atoms with van der Waals surface area (Å²) < 4.78 is 13.9. The van der Waals surface area contributed by atoms with E-state index >= 15 is 0 Å². The number of phenols is 1. The number of anilines is 1. The van der Waals surface area contributed by atoms with Gasteiger partial charge in [-0.2, -0.15) is 0 Å². The Kier molecular flexibility index (Phi) is 6.94. The first-order valence-electron chi connectivity index (χ1n) is 13.6. The van der Waals surface area contributed by atoms with Crippen LogP contribution in [0.4, 0.5) is 5.69 Å². The number of carbonyl (C=O) groups is 1. The lowest BCUT2D eigenvalue weighted by Gasteiger charge is -2.36. The van der Waals surface area contributed by atoms with Crippen LogP contribution in [0.1, 0.15) is 34.0 Å². The minimum Gasteiger partial charge on any atom is -0.507 e. The number of ketones is 1. The number of halogens is 1. The van der Waals surface area contributed by atoms with Crippen molar-refractivity contribution < 1.29 is 19.4 Å². The van der Waals surface area contributed by atoms with Gasteiger partial charge in [-0.05, 0) is 68.0 Å². The van der Waals surface area contributed by atoms with Crippen LogP contribution in [0.25, 0.3) is 17.0 Å². The molecule has 3 aromatic carbocycles. The molecule has 0 saturated carbocycles. The standard InChI is InChI=1S/C32H32ClN3O4/c1-4-35-18-21(25-17-24(39-3)8-9-27(25)35)15-29-31(38)30-20(2)14-28(37)26(32(30)40-29)19-34-10-12-36(13-11-34)23-7-5-6-22(33)16-23/h5-9,14-18,37H,4,10-13,19H2,1-3H3/b29-15+. The van der Waals surface area contributed by atoms with E-state index in [1.165, 1.54) is 0 Å². The minimum absolute atomic E-state index is 0.148. The number of phenolic OH excluding ortho intramolecular Hbond substituents is 1. The van der Waals surface area contributed by atoms with Gasteiger partial charge in [-0.3, -0.25) is 9.69 Å². The second kappa shape index (κ2) is 10.6. The Morgan fingerprint density at radius 3 is 2.62 bits per heavy atom. The molecule has 206 valence electrons. The molecule has 4 aromatic rings. The van der Waals surface area contributed by atoms with E-state index in [2.05, 4.69) is 27.4 Å². The Balaban J connectivity index is 1.28. The molecule has 6 rings (SSSR count). The van der Waals surface area contributed by atoms with Crippen molar-refractivity contribution in [1.82, 2.24) is 9.47 Å². The molecule has 1 fully saturated rings. The van der Waals surface area contributed by atoms with Gasteiger partial charge >= 0.3 is 0 Å². The number of aromatic nitrogens is 1. The fraction of sp³-hybridized carbons (Fsp3) is 0.281.